The molecule has 6 heteroatoms. The summed E-state index contributed by atoms with van der Waals surface area (Å²) >= 11 is 0. The van der Waals surface area contributed by atoms with E-state index in [0.717, 1.165) is 35.7 Å². The Labute approximate surface area is 186 Å². The van der Waals surface area contributed by atoms with Crippen LogP contribution in [0.5, 0.6) is 0 Å². The number of methoxy groups -OCH3 is 1. The van der Waals surface area contributed by atoms with Crippen LogP contribution in [0.4, 0.5) is 0 Å². The van der Waals surface area contributed by atoms with Crippen molar-refractivity contribution in [2.75, 3.05) is 7.11 Å². The van der Waals surface area contributed by atoms with Gasteiger partial charge in [0.1, 0.15) is 5.54 Å². The lowest BCUT2D eigenvalue weighted by Crippen LogP contribution is -2.62. The maximum Gasteiger partial charge on any atom is 0.332 e. The maximum absolute atomic E-state index is 13.4. The van der Waals surface area contributed by atoms with E-state index in [9.17, 15) is 14.4 Å². The summed E-state index contributed by atoms with van der Waals surface area (Å²) in [5.41, 5.74) is 1.06. The Kier molecular flexibility index (Phi) is 4.88. The molecule has 2 fully saturated rings. The quantitative estimate of drug-likeness (QED) is 0.631. The molecule has 164 valence electrons. The average molecular weight is 431 g/mol. The Morgan fingerprint density at radius 2 is 1.75 bits per heavy atom. The molecule has 1 N–H and O–H groups in total. The molecule has 5 rings (SSSR count). The summed E-state index contributed by atoms with van der Waals surface area (Å²) in [6.07, 6.45) is 4.53. The Bertz CT molecular complexity index is 1220. The van der Waals surface area contributed by atoms with E-state index in [1.807, 2.05) is 36.5 Å². The number of ether oxygens (including phenoxy) is 1. The largest absolute Gasteiger partial charge is 0.467 e. The number of carbonyl (C=O) groups excluding carboxylic acids is 3. The van der Waals surface area contributed by atoms with Gasteiger partial charge in [-0.2, -0.15) is 0 Å². The molecule has 32 heavy (non-hydrogen) atoms. The van der Waals surface area contributed by atoms with E-state index in [0.29, 0.717) is 5.56 Å². The number of hydrogen-bond donors (Lipinski definition) is 1. The average Bonchev–Trinajstić information content (AvgIpc) is 3.51. The number of para-hydroxylation sites is 1. The first kappa shape index (κ1) is 20.5. The van der Waals surface area contributed by atoms with Crippen molar-refractivity contribution in [2.45, 2.75) is 37.6 Å². The van der Waals surface area contributed by atoms with E-state index in [4.69, 9.17) is 4.74 Å². The maximum atomic E-state index is 13.4. The second-order valence-electron chi connectivity index (χ2n) is 8.92. The van der Waals surface area contributed by atoms with E-state index in [-0.39, 0.29) is 29.6 Å². The van der Waals surface area contributed by atoms with Crippen LogP contribution in [-0.4, -0.2) is 35.0 Å². The molecule has 0 radical (unpaired) electrons. The highest BCUT2D eigenvalue weighted by Gasteiger charge is 2.64. The third-order valence-corrected chi connectivity index (χ3v) is 7.38. The zero-order valence-electron chi connectivity index (χ0n) is 18.2. The standard InChI is InChI=1S/C26H26N2O4/c1-16(29)28-15-21(20-10-6-7-11-22(20)28)23-18-12-13-19(14-18)26(23,25(31)32-2)27-24(30)17-8-4-3-5-9-17/h3-11,15,18-19,23H,12-14H2,1-2H3,(H,27,30)/t18-,19+,23-,26-/m0/s1. The number of amides is 1. The highest BCUT2D eigenvalue weighted by atomic mass is 16.5. The summed E-state index contributed by atoms with van der Waals surface area (Å²) < 4.78 is 6.95. The van der Waals surface area contributed by atoms with Gasteiger partial charge in [-0.1, -0.05) is 36.4 Å². The lowest BCUT2D eigenvalue weighted by atomic mass is 9.69. The smallest absolute Gasteiger partial charge is 0.332 e. The summed E-state index contributed by atoms with van der Waals surface area (Å²) in [4.78, 5) is 39.1. The van der Waals surface area contributed by atoms with Crippen molar-refractivity contribution in [3.05, 3.63) is 71.9 Å². The van der Waals surface area contributed by atoms with Crippen LogP contribution >= 0.6 is 0 Å². The molecule has 0 saturated heterocycles. The lowest BCUT2D eigenvalue weighted by molar-refractivity contribution is -0.151. The number of esters is 1. The molecular weight excluding hydrogens is 404 g/mol. The SMILES string of the molecule is COC(=O)[C@]1(NC(=O)c2ccccc2)[C@@H]2CC[C@@H](C2)[C@H]1c1cn(C(C)=O)c2ccccc12. The van der Waals surface area contributed by atoms with Crippen molar-refractivity contribution in [1.82, 2.24) is 9.88 Å². The third-order valence-electron chi connectivity index (χ3n) is 7.38. The highest BCUT2D eigenvalue weighted by Crippen LogP contribution is 2.60. The summed E-state index contributed by atoms with van der Waals surface area (Å²) in [5, 5.41) is 4.07. The number of hydrogen-bond acceptors (Lipinski definition) is 4. The van der Waals surface area contributed by atoms with Crippen LogP contribution < -0.4 is 5.32 Å². The molecule has 2 saturated carbocycles. The second kappa shape index (κ2) is 7.62. The van der Waals surface area contributed by atoms with Crippen LogP contribution in [0.3, 0.4) is 0 Å². The van der Waals surface area contributed by atoms with E-state index >= 15 is 0 Å². The van der Waals surface area contributed by atoms with Gasteiger partial charge in [-0.05, 0) is 54.9 Å². The number of nitrogens with one attached hydrogen (secondary N) is 1. The predicted octanol–water partition coefficient (Wildman–Crippen LogP) is 4.16. The molecule has 2 aromatic carbocycles. The second-order valence-corrected chi connectivity index (χ2v) is 8.92. The molecule has 3 aromatic rings. The fourth-order valence-electron chi connectivity index (χ4n) is 6.11. The molecule has 1 aromatic heterocycles. The molecular formula is C26H26N2O4. The van der Waals surface area contributed by atoms with Gasteiger partial charge < -0.3 is 10.1 Å². The van der Waals surface area contributed by atoms with Crippen molar-refractivity contribution in [2.24, 2.45) is 11.8 Å². The first-order valence-electron chi connectivity index (χ1n) is 11.0. The monoisotopic (exact) mass is 430 g/mol. The number of aromatic nitrogens is 1. The number of carbonyl (C=O) groups is 3. The van der Waals surface area contributed by atoms with Crippen molar-refractivity contribution < 1.29 is 19.1 Å². The first-order valence-corrected chi connectivity index (χ1v) is 11.0. The molecule has 0 spiro atoms. The molecule has 1 heterocycles. The fourth-order valence-corrected chi connectivity index (χ4v) is 6.11. The third kappa shape index (κ3) is 2.89. The lowest BCUT2D eigenvalue weighted by Gasteiger charge is -2.42. The van der Waals surface area contributed by atoms with Crippen LogP contribution in [0, 0.1) is 11.8 Å². The van der Waals surface area contributed by atoms with Gasteiger partial charge in [-0.3, -0.25) is 14.2 Å². The number of fused-ring (bicyclic) bond motifs is 3. The minimum Gasteiger partial charge on any atom is -0.467 e. The van der Waals surface area contributed by atoms with Crippen LogP contribution in [0.1, 0.15) is 52.8 Å². The van der Waals surface area contributed by atoms with Gasteiger partial charge in [0.2, 0.25) is 5.91 Å². The number of nitrogens with zero attached hydrogens (tertiary/aromatic N) is 1. The van der Waals surface area contributed by atoms with E-state index in [1.165, 1.54) is 14.0 Å². The highest BCUT2D eigenvalue weighted by molar-refractivity contribution is 6.00. The van der Waals surface area contributed by atoms with Crippen molar-refractivity contribution in [3.63, 3.8) is 0 Å². The van der Waals surface area contributed by atoms with Gasteiger partial charge >= 0.3 is 5.97 Å². The summed E-state index contributed by atoms with van der Waals surface area (Å²) in [6.45, 7) is 1.53. The van der Waals surface area contributed by atoms with Crippen molar-refractivity contribution >= 4 is 28.7 Å². The molecule has 0 aliphatic heterocycles. The summed E-state index contributed by atoms with van der Waals surface area (Å²) in [5.74, 6) is -0.861. The molecule has 2 aliphatic carbocycles. The van der Waals surface area contributed by atoms with Gasteiger partial charge in [0.25, 0.3) is 5.91 Å². The molecule has 2 bridgehead atoms. The zero-order valence-corrected chi connectivity index (χ0v) is 18.2. The Hall–Kier alpha value is -3.41. The van der Waals surface area contributed by atoms with Gasteiger partial charge in [-0.15, -0.1) is 0 Å². The van der Waals surface area contributed by atoms with Crippen LogP contribution in [0.2, 0.25) is 0 Å². The molecule has 1 amide bonds. The normalized spacial score (nSPS) is 26.2. The fraction of sp³-hybridized carbons (Fsp3) is 0.346. The minimum absolute atomic E-state index is 0.0166. The van der Waals surface area contributed by atoms with Crippen molar-refractivity contribution in [3.8, 4) is 0 Å². The van der Waals surface area contributed by atoms with Gasteiger partial charge in [0.15, 0.2) is 0 Å². The van der Waals surface area contributed by atoms with Gasteiger partial charge in [-0.25, -0.2) is 4.79 Å². The number of rotatable bonds is 4. The summed E-state index contributed by atoms with van der Waals surface area (Å²) in [7, 11) is 1.38. The van der Waals surface area contributed by atoms with E-state index in [1.54, 1.807) is 28.8 Å². The Morgan fingerprint density at radius 3 is 2.47 bits per heavy atom. The molecule has 0 unspecified atom stereocenters. The first-order chi connectivity index (χ1) is 15.5. The van der Waals surface area contributed by atoms with Crippen LogP contribution in [0.15, 0.2) is 60.8 Å². The van der Waals surface area contributed by atoms with Gasteiger partial charge in [0.05, 0.1) is 12.6 Å². The van der Waals surface area contributed by atoms with Gasteiger partial charge in [0, 0.05) is 30.0 Å². The van der Waals surface area contributed by atoms with Crippen LogP contribution in [-0.2, 0) is 9.53 Å². The van der Waals surface area contributed by atoms with E-state index < -0.39 is 11.5 Å². The topological polar surface area (TPSA) is 77.4 Å². The van der Waals surface area contributed by atoms with Crippen LogP contribution in [0.25, 0.3) is 10.9 Å². The Morgan fingerprint density at radius 1 is 1.03 bits per heavy atom. The number of benzene rings is 2. The van der Waals surface area contributed by atoms with Crippen molar-refractivity contribution in [1.29, 1.82) is 0 Å². The minimum atomic E-state index is -1.17. The molecule has 6 nitrogen and oxygen atoms in total. The predicted molar refractivity (Wildman–Crippen MR) is 120 cm³/mol. The summed E-state index contributed by atoms with van der Waals surface area (Å²) in [6, 6.07) is 16.7. The molecule has 4 atom stereocenters. The zero-order chi connectivity index (χ0) is 22.5. The molecule has 2 aliphatic rings. The Balaban J connectivity index is 1.68. The van der Waals surface area contributed by atoms with E-state index in [2.05, 4.69) is 5.32 Å².